The van der Waals surface area contributed by atoms with E-state index >= 15 is 0 Å². The van der Waals surface area contributed by atoms with E-state index < -0.39 is 0 Å². The Labute approximate surface area is 98.0 Å². The lowest BCUT2D eigenvalue weighted by atomic mass is 9.98. The second-order valence-corrected chi connectivity index (χ2v) is 5.10. The van der Waals surface area contributed by atoms with Crippen molar-refractivity contribution in [2.45, 2.75) is 39.0 Å². The van der Waals surface area contributed by atoms with E-state index in [1.165, 1.54) is 25.7 Å². The first-order valence-electron chi connectivity index (χ1n) is 6.60. The van der Waals surface area contributed by atoms with E-state index in [1.807, 2.05) is 0 Å². The van der Waals surface area contributed by atoms with Gasteiger partial charge in [-0.2, -0.15) is 0 Å². The van der Waals surface area contributed by atoms with Crippen molar-refractivity contribution in [1.82, 2.24) is 10.7 Å². The summed E-state index contributed by atoms with van der Waals surface area (Å²) < 4.78 is 0. The fourth-order valence-electron chi connectivity index (χ4n) is 2.32. The number of nitrogens with zero attached hydrogens (tertiary/aromatic N) is 1. The van der Waals surface area contributed by atoms with Crippen LogP contribution in [0, 0.1) is 17.8 Å². The Hall–Kier alpha value is -0.770. The minimum Gasteiger partial charge on any atom is -0.355 e. The lowest BCUT2D eigenvalue weighted by molar-refractivity contribution is 0.417. The molecule has 2 aliphatic carbocycles. The fraction of sp³-hybridized carbons (Fsp3) is 0.917. The van der Waals surface area contributed by atoms with Gasteiger partial charge in [0, 0.05) is 13.1 Å². The Bertz CT molecular complexity index is 231. The van der Waals surface area contributed by atoms with E-state index in [0.29, 0.717) is 0 Å². The van der Waals surface area contributed by atoms with Gasteiger partial charge in [0.05, 0.1) is 0 Å². The van der Waals surface area contributed by atoms with Crippen molar-refractivity contribution in [3.8, 4) is 0 Å². The number of hydrogen-bond acceptors (Lipinski definition) is 2. The van der Waals surface area contributed by atoms with Crippen molar-refractivity contribution in [2.75, 3.05) is 13.1 Å². The smallest absolute Gasteiger partial charge is 0.205 e. The van der Waals surface area contributed by atoms with Crippen molar-refractivity contribution in [2.24, 2.45) is 28.6 Å². The molecule has 4 N–H and O–H groups in total. The molecule has 0 saturated heterocycles. The van der Waals surface area contributed by atoms with E-state index in [1.54, 1.807) is 0 Å². The molecule has 0 aromatic heterocycles. The zero-order valence-corrected chi connectivity index (χ0v) is 10.2. The molecule has 0 unspecified atom stereocenters. The summed E-state index contributed by atoms with van der Waals surface area (Å²) in [6.07, 6.45) is 6.78. The van der Waals surface area contributed by atoms with Gasteiger partial charge in [-0.1, -0.05) is 6.92 Å². The lowest BCUT2D eigenvalue weighted by Gasteiger charge is -2.14. The van der Waals surface area contributed by atoms with Crippen LogP contribution < -0.4 is 16.6 Å². The molecule has 0 bridgehead atoms. The molecule has 2 aliphatic rings. The molecular formula is C12H24N4. The molecule has 0 amide bonds. The van der Waals surface area contributed by atoms with Crippen molar-refractivity contribution in [1.29, 1.82) is 0 Å². The van der Waals surface area contributed by atoms with Gasteiger partial charge in [-0.15, -0.1) is 0 Å². The van der Waals surface area contributed by atoms with Gasteiger partial charge in [-0.3, -0.25) is 10.4 Å². The van der Waals surface area contributed by atoms with Crippen molar-refractivity contribution in [3.05, 3.63) is 0 Å². The molecule has 0 radical (unpaired) electrons. The monoisotopic (exact) mass is 224 g/mol. The molecule has 4 nitrogen and oxygen atoms in total. The second-order valence-electron chi connectivity index (χ2n) is 5.10. The van der Waals surface area contributed by atoms with Crippen molar-refractivity contribution < 1.29 is 0 Å². The van der Waals surface area contributed by atoms with Gasteiger partial charge in [0.2, 0.25) is 5.96 Å². The van der Waals surface area contributed by atoms with Gasteiger partial charge in [-0.05, 0) is 49.9 Å². The fourth-order valence-corrected chi connectivity index (χ4v) is 2.32. The summed E-state index contributed by atoms with van der Waals surface area (Å²) in [7, 11) is 0. The minimum atomic E-state index is 0.758. The largest absolute Gasteiger partial charge is 0.355 e. The van der Waals surface area contributed by atoms with Crippen LogP contribution in [0.1, 0.15) is 39.0 Å². The third-order valence-corrected chi connectivity index (χ3v) is 3.59. The van der Waals surface area contributed by atoms with Crippen LogP contribution in [-0.4, -0.2) is 19.0 Å². The first-order valence-corrected chi connectivity index (χ1v) is 6.60. The topological polar surface area (TPSA) is 62.4 Å². The van der Waals surface area contributed by atoms with Gasteiger partial charge < -0.3 is 5.32 Å². The Balaban J connectivity index is 1.78. The van der Waals surface area contributed by atoms with Gasteiger partial charge >= 0.3 is 0 Å². The number of hydrazine groups is 1. The summed E-state index contributed by atoms with van der Waals surface area (Å²) in [5.41, 5.74) is 2.65. The minimum absolute atomic E-state index is 0.758. The number of nitrogens with two attached hydrogens (primary N) is 1. The van der Waals surface area contributed by atoms with Crippen LogP contribution in [0.25, 0.3) is 0 Å². The molecule has 2 fully saturated rings. The molecule has 4 heteroatoms. The van der Waals surface area contributed by atoms with Gasteiger partial charge in [0.1, 0.15) is 0 Å². The van der Waals surface area contributed by atoms with Crippen LogP contribution in [0.2, 0.25) is 0 Å². The third-order valence-electron chi connectivity index (χ3n) is 3.59. The number of aliphatic imine (C=N–C) groups is 1. The average Bonchev–Trinajstić information content (AvgIpc) is 3.16. The van der Waals surface area contributed by atoms with E-state index in [9.17, 15) is 0 Å². The highest BCUT2D eigenvalue weighted by Gasteiger charge is 2.41. The summed E-state index contributed by atoms with van der Waals surface area (Å²) >= 11 is 0. The maximum Gasteiger partial charge on any atom is 0.205 e. The standard InChI is InChI=1S/C12H24N4/c1-2-7-14-12(16-13)15-8-11(9-3-4-9)10-5-6-10/h9-11H,2-8,13H2,1H3,(H2,14,15,16). The maximum atomic E-state index is 5.44. The summed E-state index contributed by atoms with van der Waals surface area (Å²) in [4.78, 5) is 4.57. The SMILES string of the molecule is CCCNC(=NCC(C1CC1)C1CC1)NN. The molecule has 92 valence electrons. The predicted molar refractivity (Wildman–Crippen MR) is 66.9 cm³/mol. The van der Waals surface area contributed by atoms with Crippen LogP contribution in [0.5, 0.6) is 0 Å². The Kier molecular flexibility index (Phi) is 4.04. The van der Waals surface area contributed by atoms with Gasteiger partial charge in [0.15, 0.2) is 0 Å². The molecule has 0 atom stereocenters. The quantitative estimate of drug-likeness (QED) is 0.275. The number of guanidine groups is 1. The Morgan fingerprint density at radius 3 is 2.38 bits per heavy atom. The second kappa shape index (κ2) is 5.53. The first kappa shape index (κ1) is 11.7. The number of nitrogens with one attached hydrogen (secondary N) is 2. The number of hydrogen-bond donors (Lipinski definition) is 3. The molecule has 0 spiro atoms. The highest BCUT2D eigenvalue weighted by molar-refractivity contribution is 5.79. The van der Waals surface area contributed by atoms with E-state index in [0.717, 1.165) is 43.2 Å². The summed E-state index contributed by atoms with van der Waals surface area (Å²) in [5.74, 6) is 8.94. The predicted octanol–water partition coefficient (Wildman–Crippen LogP) is 1.24. The van der Waals surface area contributed by atoms with Crippen LogP contribution in [0.4, 0.5) is 0 Å². The summed E-state index contributed by atoms with van der Waals surface area (Å²) in [6.45, 7) is 4.02. The molecule has 0 heterocycles. The van der Waals surface area contributed by atoms with Crippen LogP contribution in [0.3, 0.4) is 0 Å². The maximum absolute atomic E-state index is 5.44. The van der Waals surface area contributed by atoms with Crippen LogP contribution in [0.15, 0.2) is 4.99 Å². The van der Waals surface area contributed by atoms with E-state index in [4.69, 9.17) is 5.84 Å². The average molecular weight is 224 g/mol. The number of rotatable bonds is 6. The van der Waals surface area contributed by atoms with Gasteiger partial charge in [-0.25, -0.2) is 5.84 Å². The Morgan fingerprint density at radius 2 is 1.94 bits per heavy atom. The van der Waals surface area contributed by atoms with Crippen LogP contribution >= 0.6 is 0 Å². The van der Waals surface area contributed by atoms with Crippen molar-refractivity contribution >= 4 is 5.96 Å². The normalized spacial score (nSPS) is 21.3. The third kappa shape index (κ3) is 3.37. The first-order chi connectivity index (χ1) is 7.85. The van der Waals surface area contributed by atoms with Gasteiger partial charge in [0.25, 0.3) is 0 Å². The zero-order valence-electron chi connectivity index (χ0n) is 10.2. The summed E-state index contributed by atoms with van der Waals surface area (Å²) in [6, 6.07) is 0. The molecule has 2 rings (SSSR count). The molecule has 0 aromatic carbocycles. The van der Waals surface area contributed by atoms with Crippen LogP contribution in [-0.2, 0) is 0 Å². The molecule has 16 heavy (non-hydrogen) atoms. The van der Waals surface area contributed by atoms with E-state index in [2.05, 4.69) is 22.7 Å². The lowest BCUT2D eigenvalue weighted by Crippen LogP contribution is -2.42. The van der Waals surface area contributed by atoms with Crippen molar-refractivity contribution in [3.63, 3.8) is 0 Å². The highest BCUT2D eigenvalue weighted by atomic mass is 15.3. The molecule has 0 aliphatic heterocycles. The highest BCUT2D eigenvalue weighted by Crippen LogP contribution is 2.49. The molecular weight excluding hydrogens is 200 g/mol. The molecule has 0 aromatic rings. The van der Waals surface area contributed by atoms with E-state index in [-0.39, 0.29) is 0 Å². The zero-order chi connectivity index (χ0) is 11.4. The molecule has 2 saturated carbocycles. The Morgan fingerprint density at radius 1 is 1.31 bits per heavy atom. The summed E-state index contributed by atoms with van der Waals surface area (Å²) in [5, 5.41) is 3.21.